The van der Waals surface area contributed by atoms with Crippen LogP contribution in [0.2, 0.25) is 0 Å². The third-order valence-electron chi connectivity index (χ3n) is 4.03. The van der Waals surface area contributed by atoms with Crippen molar-refractivity contribution < 1.29 is 4.79 Å². The van der Waals surface area contributed by atoms with Crippen LogP contribution in [0.25, 0.3) is 11.0 Å². The third kappa shape index (κ3) is 3.16. The van der Waals surface area contributed by atoms with Crippen molar-refractivity contribution in [2.75, 3.05) is 39.0 Å². The van der Waals surface area contributed by atoms with Gasteiger partial charge in [-0.1, -0.05) is 0 Å². The predicted octanol–water partition coefficient (Wildman–Crippen LogP) is 0.317. The van der Waals surface area contributed by atoms with Gasteiger partial charge in [0.2, 0.25) is 5.91 Å². The van der Waals surface area contributed by atoms with Gasteiger partial charge < -0.3 is 10.2 Å². The normalized spacial score (nSPS) is 16.8. The number of rotatable bonds is 4. The average molecular weight is 303 g/mol. The predicted molar refractivity (Wildman–Crippen MR) is 83.5 cm³/mol. The molecule has 0 bridgehead atoms. The smallest absolute Gasteiger partial charge is 0.236 e. The maximum absolute atomic E-state index is 11.7. The summed E-state index contributed by atoms with van der Waals surface area (Å²) in [6.07, 6.45) is 5.25. The molecule has 8 heteroatoms. The second kappa shape index (κ2) is 6.27. The Morgan fingerprint density at radius 2 is 2.18 bits per heavy atom. The van der Waals surface area contributed by atoms with E-state index in [-0.39, 0.29) is 5.91 Å². The summed E-state index contributed by atoms with van der Waals surface area (Å²) in [5, 5.41) is 11.2. The summed E-state index contributed by atoms with van der Waals surface area (Å²) in [5.41, 5.74) is 0.742. The lowest BCUT2D eigenvalue weighted by Gasteiger charge is -2.32. The first-order chi connectivity index (χ1) is 10.6. The highest BCUT2D eigenvalue weighted by Gasteiger charge is 2.22. The summed E-state index contributed by atoms with van der Waals surface area (Å²) in [5.74, 6) is 0.976. The highest BCUT2D eigenvalue weighted by Crippen LogP contribution is 2.20. The van der Waals surface area contributed by atoms with Gasteiger partial charge in [0, 0.05) is 33.2 Å². The molecule has 1 fully saturated rings. The van der Waals surface area contributed by atoms with E-state index in [1.807, 2.05) is 0 Å². The van der Waals surface area contributed by atoms with Gasteiger partial charge >= 0.3 is 0 Å². The number of hydrogen-bond donors (Lipinski definition) is 2. The van der Waals surface area contributed by atoms with Crippen LogP contribution < -0.4 is 5.32 Å². The van der Waals surface area contributed by atoms with Crippen molar-refractivity contribution in [1.29, 1.82) is 0 Å². The number of nitrogens with one attached hydrogen (secondary N) is 2. The number of aromatic amines is 1. The number of carbonyl (C=O) groups excluding carboxylic acids is 1. The fourth-order valence-corrected chi connectivity index (χ4v) is 2.64. The fraction of sp³-hybridized carbons (Fsp3) is 0.571. The SMILES string of the molecule is CN(C)C(=O)CN1CCC(Nc2ncnc3[nH]ncc23)CC1. The Balaban J connectivity index is 1.56. The molecule has 2 aromatic rings. The molecule has 1 aliphatic rings. The molecule has 1 saturated heterocycles. The van der Waals surface area contributed by atoms with Gasteiger partial charge in [-0.2, -0.15) is 5.10 Å². The summed E-state index contributed by atoms with van der Waals surface area (Å²) in [7, 11) is 3.59. The van der Waals surface area contributed by atoms with Crippen molar-refractivity contribution in [2.24, 2.45) is 0 Å². The van der Waals surface area contributed by atoms with E-state index in [1.54, 1.807) is 25.2 Å². The van der Waals surface area contributed by atoms with Crippen LogP contribution in [0.3, 0.4) is 0 Å². The Bertz CT molecular complexity index is 645. The zero-order valence-corrected chi connectivity index (χ0v) is 12.9. The van der Waals surface area contributed by atoms with Gasteiger partial charge in [-0.05, 0) is 12.8 Å². The maximum atomic E-state index is 11.7. The van der Waals surface area contributed by atoms with Crippen molar-refractivity contribution >= 4 is 22.8 Å². The molecule has 0 aromatic carbocycles. The highest BCUT2D eigenvalue weighted by molar-refractivity contribution is 5.85. The summed E-state index contributed by atoms with van der Waals surface area (Å²) < 4.78 is 0. The molecular formula is C14H21N7O. The second-order valence-corrected chi connectivity index (χ2v) is 5.84. The number of piperidine rings is 1. The molecule has 22 heavy (non-hydrogen) atoms. The standard InChI is InChI=1S/C14H21N7O/c1-20(2)12(22)8-21-5-3-10(4-6-21)18-13-11-7-17-19-14(11)16-9-15-13/h7,9-10H,3-6,8H2,1-2H3,(H2,15,16,17,18,19). The van der Waals surface area contributed by atoms with Crippen molar-refractivity contribution in [2.45, 2.75) is 18.9 Å². The molecular weight excluding hydrogens is 282 g/mol. The number of hydrogen-bond acceptors (Lipinski definition) is 6. The van der Waals surface area contributed by atoms with Crippen LogP contribution in [0.4, 0.5) is 5.82 Å². The molecule has 0 saturated carbocycles. The van der Waals surface area contributed by atoms with Gasteiger partial charge in [0.15, 0.2) is 5.65 Å². The Kier molecular flexibility index (Phi) is 4.19. The maximum Gasteiger partial charge on any atom is 0.236 e. The first kappa shape index (κ1) is 14.7. The Morgan fingerprint density at radius 1 is 1.41 bits per heavy atom. The summed E-state index contributed by atoms with van der Waals surface area (Å²) in [4.78, 5) is 24.0. The largest absolute Gasteiger partial charge is 0.367 e. The second-order valence-electron chi connectivity index (χ2n) is 5.84. The van der Waals surface area contributed by atoms with E-state index in [0.29, 0.717) is 12.6 Å². The van der Waals surface area contributed by atoms with Crippen LogP contribution in [0, 0.1) is 0 Å². The van der Waals surface area contributed by atoms with Crippen LogP contribution in [0.15, 0.2) is 12.5 Å². The van der Waals surface area contributed by atoms with Crippen molar-refractivity contribution in [3.8, 4) is 0 Å². The molecule has 0 unspecified atom stereocenters. The number of nitrogens with zero attached hydrogens (tertiary/aromatic N) is 5. The molecule has 3 heterocycles. The lowest BCUT2D eigenvalue weighted by atomic mass is 10.0. The van der Waals surface area contributed by atoms with Crippen molar-refractivity contribution in [3.05, 3.63) is 12.5 Å². The molecule has 118 valence electrons. The Hall–Kier alpha value is -2.22. The zero-order chi connectivity index (χ0) is 15.5. The van der Waals surface area contributed by atoms with Crippen LogP contribution in [0.1, 0.15) is 12.8 Å². The Morgan fingerprint density at radius 3 is 2.91 bits per heavy atom. The third-order valence-corrected chi connectivity index (χ3v) is 4.03. The number of anilines is 1. The summed E-state index contributed by atoms with van der Waals surface area (Å²) in [6, 6.07) is 0.360. The van der Waals surface area contributed by atoms with E-state index in [2.05, 4.69) is 30.4 Å². The van der Waals surface area contributed by atoms with Crippen molar-refractivity contribution in [1.82, 2.24) is 30.0 Å². The molecule has 0 spiro atoms. The summed E-state index contributed by atoms with van der Waals surface area (Å²) in [6.45, 7) is 2.33. The van der Waals surface area contributed by atoms with Crippen molar-refractivity contribution in [3.63, 3.8) is 0 Å². The molecule has 0 atom stereocenters. The lowest BCUT2D eigenvalue weighted by molar-refractivity contribution is -0.130. The van der Waals surface area contributed by atoms with E-state index in [0.717, 1.165) is 42.8 Å². The first-order valence-corrected chi connectivity index (χ1v) is 7.46. The first-order valence-electron chi connectivity index (χ1n) is 7.46. The van der Waals surface area contributed by atoms with Gasteiger partial charge in [0.25, 0.3) is 0 Å². The monoisotopic (exact) mass is 303 g/mol. The molecule has 2 N–H and O–H groups in total. The molecule has 1 aliphatic heterocycles. The molecule has 0 aliphatic carbocycles. The molecule has 8 nitrogen and oxygen atoms in total. The minimum atomic E-state index is 0.155. The van der Waals surface area contributed by atoms with Gasteiger partial charge in [-0.25, -0.2) is 9.97 Å². The number of aromatic nitrogens is 4. The van der Waals surface area contributed by atoms with Crippen LogP contribution in [-0.2, 0) is 4.79 Å². The molecule has 1 amide bonds. The lowest BCUT2D eigenvalue weighted by Crippen LogP contribution is -2.44. The quantitative estimate of drug-likeness (QED) is 0.845. The molecule has 2 aromatic heterocycles. The van der Waals surface area contributed by atoms with Gasteiger partial charge in [0.05, 0.1) is 18.1 Å². The Labute approximate surface area is 128 Å². The minimum Gasteiger partial charge on any atom is -0.367 e. The molecule has 0 radical (unpaired) electrons. The van der Waals surface area contributed by atoms with Gasteiger partial charge in [-0.15, -0.1) is 0 Å². The fourth-order valence-electron chi connectivity index (χ4n) is 2.64. The number of likely N-dealkylation sites (tertiary alicyclic amines) is 1. The van der Waals surface area contributed by atoms with Crippen LogP contribution in [-0.4, -0.2) is 75.6 Å². The topological polar surface area (TPSA) is 90.0 Å². The van der Waals surface area contributed by atoms with E-state index in [9.17, 15) is 4.79 Å². The van der Waals surface area contributed by atoms with Gasteiger partial charge in [-0.3, -0.25) is 14.8 Å². The van der Waals surface area contributed by atoms with Gasteiger partial charge in [0.1, 0.15) is 12.1 Å². The number of fused-ring (bicyclic) bond motifs is 1. The molecule has 3 rings (SSSR count). The van der Waals surface area contributed by atoms with E-state index >= 15 is 0 Å². The van der Waals surface area contributed by atoms with E-state index in [1.165, 1.54) is 6.33 Å². The number of amides is 1. The van der Waals surface area contributed by atoms with E-state index in [4.69, 9.17) is 0 Å². The van der Waals surface area contributed by atoms with Crippen LogP contribution in [0.5, 0.6) is 0 Å². The number of H-pyrrole nitrogens is 1. The summed E-state index contributed by atoms with van der Waals surface area (Å²) >= 11 is 0. The average Bonchev–Trinajstić information content (AvgIpc) is 2.98. The zero-order valence-electron chi connectivity index (χ0n) is 12.9. The number of carbonyl (C=O) groups is 1. The minimum absolute atomic E-state index is 0.155. The highest BCUT2D eigenvalue weighted by atomic mass is 16.2. The van der Waals surface area contributed by atoms with Crippen LogP contribution >= 0.6 is 0 Å². The number of likely N-dealkylation sites (N-methyl/N-ethyl adjacent to an activating group) is 1. The van der Waals surface area contributed by atoms with E-state index < -0.39 is 0 Å².